The van der Waals surface area contributed by atoms with Gasteiger partial charge in [-0.25, -0.2) is 0 Å². The maximum Gasteiger partial charge on any atom is 0.251 e. The van der Waals surface area contributed by atoms with Gasteiger partial charge in [0.1, 0.15) is 6.10 Å². The minimum atomic E-state index is -0.235. The van der Waals surface area contributed by atoms with Gasteiger partial charge in [0.05, 0.1) is 6.10 Å². The molecule has 3 rings (SSSR count). The number of hydrogen-bond donors (Lipinski definition) is 1. The summed E-state index contributed by atoms with van der Waals surface area (Å²) in [6.45, 7) is 3.54. The Hall–Kier alpha value is -0.650. The minimum absolute atomic E-state index is 0.0855. The van der Waals surface area contributed by atoms with Crippen molar-refractivity contribution in [2.75, 3.05) is 33.2 Å². The lowest BCUT2D eigenvalue weighted by Crippen LogP contribution is -2.55. The molecule has 0 aliphatic carbocycles. The van der Waals surface area contributed by atoms with E-state index in [9.17, 15) is 4.79 Å². The summed E-state index contributed by atoms with van der Waals surface area (Å²) in [6, 6.07) is 0.675. The van der Waals surface area contributed by atoms with E-state index in [-0.39, 0.29) is 18.1 Å². The lowest BCUT2D eigenvalue weighted by atomic mass is 9.84. The summed E-state index contributed by atoms with van der Waals surface area (Å²) in [5, 5.41) is 0. The molecule has 3 heterocycles. The Balaban J connectivity index is 1.57. The zero-order valence-corrected chi connectivity index (χ0v) is 12.5. The smallest absolute Gasteiger partial charge is 0.251 e. The van der Waals surface area contributed by atoms with E-state index in [1.165, 1.54) is 19.4 Å². The Labute approximate surface area is 121 Å². The normalized spacial score (nSPS) is 38.8. The second-order valence-corrected chi connectivity index (χ2v) is 6.58. The van der Waals surface area contributed by atoms with Crippen LogP contribution in [0.1, 0.15) is 32.1 Å². The van der Waals surface area contributed by atoms with E-state index in [1.54, 1.807) is 0 Å². The highest BCUT2D eigenvalue weighted by Gasteiger charge is 2.39. The van der Waals surface area contributed by atoms with Gasteiger partial charge in [0.25, 0.3) is 5.91 Å². The second kappa shape index (κ2) is 6.00. The largest absolute Gasteiger partial charge is 0.364 e. The van der Waals surface area contributed by atoms with Crippen LogP contribution in [0.5, 0.6) is 0 Å². The summed E-state index contributed by atoms with van der Waals surface area (Å²) in [5.74, 6) is 0.853. The summed E-state index contributed by atoms with van der Waals surface area (Å²) in [7, 11) is 2.22. The number of amides is 1. The molecule has 5 heteroatoms. The summed E-state index contributed by atoms with van der Waals surface area (Å²) >= 11 is 0. The summed E-state index contributed by atoms with van der Waals surface area (Å²) < 4.78 is 5.76. The van der Waals surface area contributed by atoms with Gasteiger partial charge in [-0.05, 0) is 51.6 Å². The number of hydrogen-bond acceptors (Lipinski definition) is 4. The van der Waals surface area contributed by atoms with Crippen LogP contribution in [-0.4, -0.2) is 67.2 Å². The molecule has 3 fully saturated rings. The van der Waals surface area contributed by atoms with Gasteiger partial charge in [-0.3, -0.25) is 4.79 Å². The lowest BCUT2D eigenvalue weighted by Gasteiger charge is -2.46. The number of nitrogens with two attached hydrogens (primary N) is 1. The van der Waals surface area contributed by atoms with Gasteiger partial charge in [-0.2, -0.15) is 0 Å². The van der Waals surface area contributed by atoms with Gasteiger partial charge >= 0.3 is 0 Å². The van der Waals surface area contributed by atoms with E-state index in [0.29, 0.717) is 18.5 Å². The number of carbonyl (C=O) groups excluding carboxylic acids is 1. The standard InChI is InChI=1S/C15H27N3O2/c1-17-7-2-3-11-10-18(8-6-13(11)17)15(19)14-5-4-12(9-16)20-14/h11-14H,2-10,16H2,1H3. The van der Waals surface area contributed by atoms with Crippen LogP contribution in [0, 0.1) is 5.92 Å². The molecule has 3 aliphatic rings. The number of ether oxygens (including phenoxy) is 1. The van der Waals surface area contributed by atoms with Crippen LogP contribution in [0.15, 0.2) is 0 Å². The van der Waals surface area contributed by atoms with Crippen molar-refractivity contribution in [3.05, 3.63) is 0 Å². The fourth-order valence-corrected chi connectivity index (χ4v) is 4.12. The Morgan fingerprint density at radius 1 is 1.25 bits per heavy atom. The molecule has 114 valence electrons. The predicted octanol–water partition coefficient (Wildman–Crippen LogP) is 0.435. The number of piperidine rings is 2. The predicted molar refractivity (Wildman–Crippen MR) is 77.3 cm³/mol. The molecule has 4 unspecified atom stereocenters. The van der Waals surface area contributed by atoms with Crippen molar-refractivity contribution >= 4 is 5.91 Å². The number of fused-ring (bicyclic) bond motifs is 1. The van der Waals surface area contributed by atoms with E-state index in [4.69, 9.17) is 10.5 Å². The fraction of sp³-hybridized carbons (Fsp3) is 0.933. The lowest BCUT2D eigenvalue weighted by molar-refractivity contribution is -0.146. The quantitative estimate of drug-likeness (QED) is 0.798. The molecule has 20 heavy (non-hydrogen) atoms. The van der Waals surface area contributed by atoms with E-state index in [1.807, 2.05) is 4.90 Å². The van der Waals surface area contributed by atoms with Crippen molar-refractivity contribution in [2.24, 2.45) is 11.7 Å². The van der Waals surface area contributed by atoms with Crippen LogP contribution >= 0.6 is 0 Å². The molecule has 0 aromatic rings. The number of nitrogens with zero attached hydrogens (tertiary/aromatic N) is 2. The van der Waals surface area contributed by atoms with E-state index >= 15 is 0 Å². The Bertz CT molecular complexity index is 363. The SMILES string of the molecule is CN1CCCC2CN(C(=O)C3CCC(CN)O3)CCC21. The van der Waals surface area contributed by atoms with Gasteiger partial charge < -0.3 is 20.3 Å². The third-order valence-corrected chi connectivity index (χ3v) is 5.30. The summed E-state index contributed by atoms with van der Waals surface area (Å²) in [6.07, 6.45) is 5.24. The minimum Gasteiger partial charge on any atom is -0.364 e. The second-order valence-electron chi connectivity index (χ2n) is 6.58. The van der Waals surface area contributed by atoms with Crippen LogP contribution in [0.4, 0.5) is 0 Å². The first-order chi connectivity index (χ1) is 9.69. The van der Waals surface area contributed by atoms with Crippen molar-refractivity contribution in [1.29, 1.82) is 0 Å². The topological polar surface area (TPSA) is 58.8 Å². The fourth-order valence-electron chi connectivity index (χ4n) is 4.12. The molecule has 0 aromatic carbocycles. The van der Waals surface area contributed by atoms with Crippen molar-refractivity contribution in [2.45, 2.75) is 50.4 Å². The maximum atomic E-state index is 12.6. The highest BCUT2D eigenvalue weighted by atomic mass is 16.5. The van der Waals surface area contributed by atoms with Crippen molar-refractivity contribution in [3.63, 3.8) is 0 Å². The van der Waals surface area contributed by atoms with Crippen LogP contribution in [-0.2, 0) is 9.53 Å². The Morgan fingerprint density at radius 3 is 2.85 bits per heavy atom. The van der Waals surface area contributed by atoms with Crippen LogP contribution in [0.3, 0.4) is 0 Å². The molecule has 3 saturated heterocycles. The monoisotopic (exact) mass is 281 g/mol. The number of carbonyl (C=O) groups is 1. The number of likely N-dealkylation sites (tertiary alicyclic amines) is 2. The molecule has 2 N–H and O–H groups in total. The van der Waals surface area contributed by atoms with Gasteiger partial charge in [0, 0.05) is 25.7 Å². The maximum absolute atomic E-state index is 12.6. The van der Waals surface area contributed by atoms with Crippen LogP contribution in [0.25, 0.3) is 0 Å². The zero-order chi connectivity index (χ0) is 14.1. The molecule has 0 bridgehead atoms. The third kappa shape index (κ3) is 2.71. The molecule has 0 spiro atoms. The van der Waals surface area contributed by atoms with Crippen LogP contribution in [0.2, 0.25) is 0 Å². The van der Waals surface area contributed by atoms with E-state index in [0.717, 1.165) is 32.4 Å². The third-order valence-electron chi connectivity index (χ3n) is 5.30. The summed E-state index contributed by atoms with van der Waals surface area (Å²) in [5.41, 5.74) is 5.62. The molecule has 0 radical (unpaired) electrons. The molecule has 4 atom stereocenters. The van der Waals surface area contributed by atoms with Crippen molar-refractivity contribution in [3.8, 4) is 0 Å². The highest BCUT2D eigenvalue weighted by Crippen LogP contribution is 2.31. The average Bonchev–Trinajstić information content (AvgIpc) is 2.95. The first-order valence-electron chi connectivity index (χ1n) is 8.03. The van der Waals surface area contributed by atoms with Crippen LogP contribution < -0.4 is 5.73 Å². The van der Waals surface area contributed by atoms with Gasteiger partial charge in [0.2, 0.25) is 0 Å². The number of rotatable bonds is 2. The molecular formula is C15H27N3O2. The zero-order valence-electron chi connectivity index (χ0n) is 12.5. The summed E-state index contributed by atoms with van der Waals surface area (Å²) in [4.78, 5) is 17.1. The van der Waals surface area contributed by atoms with Gasteiger partial charge in [-0.15, -0.1) is 0 Å². The van der Waals surface area contributed by atoms with Crippen molar-refractivity contribution < 1.29 is 9.53 Å². The first kappa shape index (κ1) is 14.3. The van der Waals surface area contributed by atoms with Gasteiger partial charge in [-0.1, -0.05) is 0 Å². The highest BCUT2D eigenvalue weighted by molar-refractivity contribution is 5.81. The average molecular weight is 281 g/mol. The first-order valence-corrected chi connectivity index (χ1v) is 8.03. The molecule has 0 aromatic heterocycles. The Morgan fingerprint density at radius 2 is 2.10 bits per heavy atom. The van der Waals surface area contributed by atoms with Gasteiger partial charge in [0.15, 0.2) is 0 Å². The van der Waals surface area contributed by atoms with E-state index in [2.05, 4.69) is 11.9 Å². The molecule has 5 nitrogen and oxygen atoms in total. The molecular weight excluding hydrogens is 254 g/mol. The molecule has 0 saturated carbocycles. The molecule has 1 amide bonds. The van der Waals surface area contributed by atoms with Crippen molar-refractivity contribution in [1.82, 2.24) is 9.80 Å². The molecule has 3 aliphatic heterocycles. The Kier molecular flexibility index (Phi) is 4.29. The van der Waals surface area contributed by atoms with E-state index < -0.39 is 0 Å².